The van der Waals surface area contributed by atoms with Gasteiger partial charge in [-0.2, -0.15) is 0 Å². The van der Waals surface area contributed by atoms with Crippen LogP contribution in [-0.4, -0.2) is 41.5 Å². The van der Waals surface area contributed by atoms with Crippen LogP contribution in [0.5, 0.6) is 0 Å². The molecular weight excluding hydrogens is 200 g/mol. The molecule has 1 atom stereocenters. The minimum absolute atomic E-state index is 0.373. The number of nitrogens with zero attached hydrogens (tertiary/aromatic N) is 3. The van der Waals surface area contributed by atoms with Crippen LogP contribution in [0, 0.1) is 12.8 Å². The number of rotatable bonds is 5. The number of aromatic nitrogens is 2. The van der Waals surface area contributed by atoms with E-state index in [0.717, 1.165) is 12.1 Å². The summed E-state index contributed by atoms with van der Waals surface area (Å²) in [6.45, 7) is 7.38. The summed E-state index contributed by atoms with van der Waals surface area (Å²) in [5, 5.41) is 3.37. The Kier molecular flexibility index (Phi) is 4.68. The van der Waals surface area contributed by atoms with E-state index in [4.69, 9.17) is 0 Å². The molecule has 0 spiro atoms. The molecule has 1 rings (SSSR count). The Morgan fingerprint density at radius 2 is 1.81 bits per heavy atom. The summed E-state index contributed by atoms with van der Waals surface area (Å²) in [5.74, 6) is 1.26. The lowest BCUT2D eigenvalue weighted by Gasteiger charge is -2.25. The highest BCUT2D eigenvalue weighted by atomic mass is 15.2. The van der Waals surface area contributed by atoms with Crippen LogP contribution in [0.2, 0.25) is 0 Å². The van der Waals surface area contributed by atoms with Crippen LogP contribution in [0.15, 0.2) is 12.4 Å². The molecule has 1 aromatic rings. The average Bonchev–Trinajstić information content (AvgIpc) is 2.19. The van der Waals surface area contributed by atoms with Gasteiger partial charge < -0.3 is 10.2 Å². The molecule has 0 aliphatic carbocycles. The van der Waals surface area contributed by atoms with Crippen molar-refractivity contribution in [2.75, 3.05) is 26.0 Å². The molecular formula is C12H22N4. The van der Waals surface area contributed by atoms with Crippen molar-refractivity contribution in [3.8, 4) is 0 Å². The SMILES string of the molecule is Cc1cnc(NC(CN(C)C)C(C)C)nc1. The van der Waals surface area contributed by atoms with Gasteiger partial charge in [0.05, 0.1) is 0 Å². The van der Waals surface area contributed by atoms with Crippen molar-refractivity contribution in [2.24, 2.45) is 5.92 Å². The molecule has 0 amide bonds. The highest BCUT2D eigenvalue weighted by Crippen LogP contribution is 2.09. The van der Waals surface area contributed by atoms with Crippen molar-refractivity contribution >= 4 is 5.95 Å². The van der Waals surface area contributed by atoms with Gasteiger partial charge in [0.1, 0.15) is 0 Å². The molecule has 90 valence electrons. The average molecular weight is 222 g/mol. The fraction of sp³-hybridized carbons (Fsp3) is 0.667. The summed E-state index contributed by atoms with van der Waals surface area (Å²) in [6, 6.07) is 0.373. The molecule has 0 aromatic carbocycles. The Balaban J connectivity index is 2.64. The van der Waals surface area contributed by atoms with E-state index in [2.05, 4.69) is 48.1 Å². The lowest BCUT2D eigenvalue weighted by molar-refractivity contribution is 0.343. The van der Waals surface area contributed by atoms with Crippen LogP contribution in [0.25, 0.3) is 0 Å². The largest absolute Gasteiger partial charge is 0.350 e. The van der Waals surface area contributed by atoms with E-state index in [1.807, 2.05) is 19.3 Å². The van der Waals surface area contributed by atoms with Crippen LogP contribution in [0.3, 0.4) is 0 Å². The third-order valence-electron chi connectivity index (χ3n) is 2.46. The predicted octanol–water partition coefficient (Wildman–Crippen LogP) is 1.78. The molecule has 16 heavy (non-hydrogen) atoms. The maximum absolute atomic E-state index is 4.27. The maximum Gasteiger partial charge on any atom is 0.222 e. The molecule has 0 aliphatic heterocycles. The predicted molar refractivity (Wildman–Crippen MR) is 67.6 cm³/mol. The molecule has 1 unspecified atom stereocenters. The Morgan fingerprint density at radius 1 is 1.25 bits per heavy atom. The molecule has 1 aromatic heterocycles. The first kappa shape index (κ1) is 12.9. The second kappa shape index (κ2) is 5.80. The molecule has 0 aliphatic rings. The molecule has 4 heteroatoms. The lowest BCUT2D eigenvalue weighted by atomic mass is 10.0. The van der Waals surface area contributed by atoms with Crippen LogP contribution in [0.4, 0.5) is 5.95 Å². The summed E-state index contributed by atoms with van der Waals surface area (Å²) in [7, 11) is 4.15. The van der Waals surface area contributed by atoms with Gasteiger partial charge in [0.15, 0.2) is 0 Å². The van der Waals surface area contributed by atoms with Gasteiger partial charge in [-0.3, -0.25) is 0 Å². The van der Waals surface area contributed by atoms with E-state index in [0.29, 0.717) is 17.9 Å². The number of hydrogen-bond acceptors (Lipinski definition) is 4. The standard InChI is InChI=1S/C12H22N4/c1-9(2)11(8-16(4)5)15-12-13-6-10(3)7-14-12/h6-7,9,11H,8H2,1-5H3,(H,13,14,15). The van der Waals surface area contributed by atoms with E-state index < -0.39 is 0 Å². The van der Waals surface area contributed by atoms with Gasteiger partial charge >= 0.3 is 0 Å². The number of anilines is 1. The quantitative estimate of drug-likeness (QED) is 0.824. The fourth-order valence-corrected chi connectivity index (χ4v) is 1.45. The van der Waals surface area contributed by atoms with Crippen molar-refractivity contribution in [1.82, 2.24) is 14.9 Å². The van der Waals surface area contributed by atoms with Gasteiger partial charge in [-0.1, -0.05) is 13.8 Å². The second-order valence-corrected chi connectivity index (χ2v) is 4.84. The third kappa shape index (κ3) is 4.14. The maximum atomic E-state index is 4.27. The molecule has 0 radical (unpaired) electrons. The van der Waals surface area contributed by atoms with Gasteiger partial charge in [0, 0.05) is 25.0 Å². The highest BCUT2D eigenvalue weighted by Gasteiger charge is 2.14. The molecule has 0 bridgehead atoms. The summed E-state index contributed by atoms with van der Waals surface area (Å²) in [5.41, 5.74) is 1.08. The van der Waals surface area contributed by atoms with Gasteiger partial charge in [-0.15, -0.1) is 0 Å². The van der Waals surface area contributed by atoms with Crippen molar-refractivity contribution in [3.63, 3.8) is 0 Å². The Labute approximate surface area is 98.1 Å². The zero-order valence-electron chi connectivity index (χ0n) is 10.9. The summed E-state index contributed by atoms with van der Waals surface area (Å²) < 4.78 is 0. The van der Waals surface area contributed by atoms with E-state index in [9.17, 15) is 0 Å². The fourth-order valence-electron chi connectivity index (χ4n) is 1.45. The highest BCUT2D eigenvalue weighted by molar-refractivity contribution is 5.26. The topological polar surface area (TPSA) is 41.1 Å². The van der Waals surface area contributed by atoms with E-state index in [-0.39, 0.29) is 0 Å². The van der Waals surface area contributed by atoms with E-state index in [1.165, 1.54) is 0 Å². The van der Waals surface area contributed by atoms with Gasteiger partial charge in [-0.25, -0.2) is 9.97 Å². The van der Waals surface area contributed by atoms with Gasteiger partial charge in [0.25, 0.3) is 0 Å². The smallest absolute Gasteiger partial charge is 0.222 e. The van der Waals surface area contributed by atoms with Crippen molar-refractivity contribution in [1.29, 1.82) is 0 Å². The van der Waals surface area contributed by atoms with Crippen LogP contribution in [0.1, 0.15) is 19.4 Å². The van der Waals surface area contributed by atoms with E-state index >= 15 is 0 Å². The minimum Gasteiger partial charge on any atom is -0.350 e. The van der Waals surface area contributed by atoms with Gasteiger partial charge in [-0.05, 0) is 32.5 Å². The van der Waals surface area contributed by atoms with E-state index in [1.54, 1.807) is 0 Å². The lowest BCUT2D eigenvalue weighted by Crippen LogP contribution is -2.36. The summed E-state index contributed by atoms with van der Waals surface area (Å²) >= 11 is 0. The number of likely N-dealkylation sites (N-methyl/N-ethyl adjacent to an activating group) is 1. The van der Waals surface area contributed by atoms with Crippen molar-refractivity contribution in [3.05, 3.63) is 18.0 Å². The first-order chi connectivity index (χ1) is 7.49. The van der Waals surface area contributed by atoms with Crippen LogP contribution < -0.4 is 5.32 Å². The Bertz CT molecular complexity index is 305. The molecule has 0 fully saturated rings. The molecule has 1 N–H and O–H groups in total. The second-order valence-electron chi connectivity index (χ2n) is 4.84. The normalized spacial score (nSPS) is 13.2. The molecule has 4 nitrogen and oxygen atoms in total. The minimum atomic E-state index is 0.373. The number of aryl methyl sites for hydroxylation is 1. The van der Waals surface area contributed by atoms with Crippen molar-refractivity contribution in [2.45, 2.75) is 26.8 Å². The number of nitrogens with one attached hydrogen (secondary N) is 1. The Hall–Kier alpha value is -1.16. The zero-order chi connectivity index (χ0) is 12.1. The number of hydrogen-bond donors (Lipinski definition) is 1. The van der Waals surface area contributed by atoms with Crippen LogP contribution >= 0.6 is 0 Å². The molecule has 0 saturated carbocycles. The Morgan fingerprint density at radius 3 is 2.25 bits per heavy atom. The van der Waals surface area contributed by atoms with Crippen LogP contribution in [-0.2, 0) is 0 Å². The van der Waals surface area contributed by atoms with Crippen molar-refractivity contribution < 1.29 is 0 Å². The van der Waals surface area contributed by atoms with Gasteiger partial charge in [0.2, 0.25) is 5.95 Å². The first-order valence-electron chi connectivity index (χ1n) is 5.69. The molecule has 1 heterocycles. The summed E-state index contributed by atoms with van der Waals surface area (Å²) in [6.07, 6.45) is 3.67. The zero-order valence-corrected chi connectivity index (χ0v) is 10.9. The molecule has 0 saturated heterocycles. The summed E-state index contributed by atoms with van der Waals surface area (Å²) in [4.78, 5) is 10.7. The third-order valence-corrected chi connectivity index (χ3v) is 2.46. The monoisotopic (exact) mass is 222 g/mol. The first-order valence-corrected chi connectivity index (χ1v) is 5.69.